The zero-order chi connectivity index (χ0) is 22.5. The van der Waals surface area contributed by atoms with Gasteiger partial charge in [0.2, 0.25) is 0 Å². The monoisotopic (exact) mass is 427 g/mol. The standard InChI is InChI=1S/C26H25N3O3/c1-18-8-7-11-20(14-18)29-24(26(30)27-17-19-9-5-4-6-10-19)16-23(28-29)22-13-12-21(31-2)15-25(22)32-3/h4-16H,17H2,1-3H3,(H,27,30). The molecule has 0 spiro atoms. The number of benzene rings is 3. The maximum absolute atomic E-state index is 13.2. The molecule has 32 heavy (non-hydrogen) atoms. The molecule has 0 atom stereocenters. The maximum Gasteiger partial charge on any atom is 0.270 e. The van der Waals surface area contributed by atoms with Crippen molar-refractivity contribution in [3.05, 3.63) is 95.7 Å². The molecule has 0 aliphatic carbocycles. The molecule has 1 heterocycles. The summed E-state index contributed by atoms with van der Waals surface area (Å²) in [6, 6.07) is 25.0. The first-order valence-electron chi connectivity index (χ1n) is 10.3. The molecule has 0 fully saturated rings. The van der Waals surface area contributed by atoms with E-state index in [9.17, 15) is 4.79 Å². The van der Waals surface area contributed by atoms with E-state index in [2.05, 4.69) is 5.32 Å². The normalized spacial score (nSPS) is 10.6. The fraction of sp³-hybridized carbons (Fsp3) is 0.154. The Labute approximate surface area is 187 Å². The van der Waals surface area contributed by atoms with Gasteiger partial charge >= 0.3 is 0 Å². The number of hydrogen-bond donors (Lipinski definition) is 1. The van der Waals surface area contributed by atoms with E-state index >= 15 is 0 Å². The van der Waals surface area contributed by atoms with Gasteiger partial charge in [-0.3, -0.25) is 4.79 Å². The van der Waals surface area contributed by atoms with Crippen molar-refractivity contribution in [2.24, 2.45) is 0 Å². The van der Waals surface area contributed by atoms with Crippen LogP contribution in [0.3, 0.4) is 0 Å². The molecule has 0 saturated heterocycles. The molecule has 3 aromatic carbocycles. The number of aryl methyl sites for hydroxylation is 1. The maximum atomic E-state index is 13.2. The first-order valence-corrected chi connectivity index (χ1v) is 10.3. The summed E-state index contributed by atoms with van der Waals surface area (Å²) in [6.45, 7) is 2.44. The SMILES string of the molecule is COc1ccc(-c2cc(C(=O)NCc3ccccc3)n(-c3cccc(C)c3)n2)c(OC)c1. The van der Waals surface area contributed by atoms with Crippen molar-refractivity contribution in [3.8, 4) is 28.4 Å². The van der Waals surface area contributed by atoms with E-state index in [1.54, 1.807) is 31.0 Å². The highest BCUT2D eigenvalue weighted by Gasteiger charge is 2.20. The molecule has 162 valence electrons. The number of carbonyl (C=O) groups is 1. The van der Waals surface area contributed by atoms with Crippen molar-refractivity contribution in [1.29, 1.82) is 0 Å². The molecule has 0 saturated carbocycles. The Balaban J connectivity index is 1.75. The van der Waals surface area contributed by atoms with Gasteiger partial charge in [-0.15, -0.1) is 0 Å². The zero-order valence-corrected chi connectivity index (χ0v) is 18.3. The molecule has 1 amide bonds. The molecule has 0 aliphatic heterocycles. The van der Waals surface area contributed by atoms with E-state index in [0.29, 0.717) is 29.4 Å². The lowest BCUT2D eigenvalue weighted by Crippen LogP contribution is -2.25. The van der Waals surface area contributed by atoms with Gasteiger partial charge < -0.3 is 14.8 Å². The average molecular weight is 428 g/mol. The van der Waals surface area contributed by atoms with Crippen LogP contribution in [0.5, 0.6) is 11.5 Å². The van der Waals surface area contributed by atoms with Gasteiger partial charge in [0.05, 0.1) is 25.6 Å². The molecule has 0 bridgehead atoms. The topological polar surface area (TPSA) is 65.4 Å². The Bertz CT molecular complexity index is 1230. The number of nitrogens with one attached hydrogen (secondary N) is 1. The van der Waals surface area contributed by atoms with Crippen LogP contribution in [0.2, 0.25) is 0 Å². The quantitative estimate of drug-likeness (QED) is 0.460. The largest absolute Gasteiger partial charge is 0.497 e. The summed E-state index contributed by atoms with van der Waals surface area (Å²) in [5, 5.41) is 7.77. The number of rotatable bonds is 7. The predicted molar refractivity (Wildman–Crippen MR) is 124 cm³/mol. The summed E-state index contributed by atoms with van der Waals surface area (Å²) in [4.78, 5) is 13.2. The highest BCUT2D eigenvalue weighted by Crippen LogP contribution is 2.33. The fourth-order valence-corrected chi connectivity index (χ4v) is 3.51. The van der Waals surface area contributed by atoms with E-state index in [0.717, 1.165) is 22.4 Å². The van der Waals surface area contributed by atoms with Gasteiger partial charge in [0, 0.05) is 18.2 Å². The van der Waals surface area contributed by atoms with Gasteiger partial charge in [-0.2, -0.15) is 5.10 Å². The number of ether oxygens (including phenoxy) is 2. The van der Waals surface area contributed by atoms with Crippen LogP contribution in [0.15, 0.2) is 78.9 Å². The number of methoxy groups -OCH3 is 2. The lowest BCUT2D eigenvalue weighted by Gasteiger charge is -2.09. The number of aromatic nitrogens is 2. The van der Waals surface area contributed by atoms with Crippen molar-refractivity contribution < 1.29 is 14.3 Å². The first kappa shape index (κ1) is 21.2. The minimum absolute atomic E-state index is 0.207. The molecule has 4 aromatic rings. The number of hydrogen-bond acceptors (Lipinski definition) is 4. The van der Waals surface area contributed by atoms with Crippen LogP contribution in [0.1, 0.15) is 21.6 Å². The smallest absolute Gasteiger partial charge is 0.270 e. The molecule has 0 aliphatic rings. The lowest BCUT2D eigenvalue weighted by molar-refractivity contribution is 0.0943. The minimum Gasteiger partial charge on any atom is -0.497 e. The van der Waals surface area contributed by atoms with Crippen LogP contribution in [0, 0.1) is 6.92 Å². The molecule has 1 aromatic heterocycles. The van der Waals surface area contributed by atoms with Crippen LogP contribution in [-0.2, 0) is 6.54 Å². The summed E-state index contributed by atoms with van der Waals surface area (Å²) in [7, 11) is 3.21. The molecular formula is C26H25N3O3. The van der Waals surface area contributed by atoms with E-state index in [1.807, 2.05) is 73.7 Å². The Hall–Kier alpha value is -4.06. The third kappa shape index (κ3) is 4.49. The fourth-order valence-electron chi connectivity index (χ4n) is 3.51. The molecule has 0 unspecified atom stereocenters. The zero-order valence-electron chi connectivity index (χ0n) is 18.3. The third-order valence-corrected chi connectivity index (χ3v) is 5.17. The number of carbonyl (C=O) groups excluding carboxylic acids is 1. The van der Waals surface area contributed by atoms with Crippen molar-refractivity contribution in [1.82, 2.24) is 15.1 Å². The van der Waals surface area contributed by atoms with Gasteiger partial charge in [0.15, 0.2) is 0 Å². The highest BCUT2D eigenvalue weighted by molar-refractivity contribution is 5.94. The van der Waals surface area contributed by atoms with E-state index in [4.69, 9.17) is 14.6 Å². The van der Waals surface area contributed by atoms with E-state index in [1.165, 1.54) is 0 Å². The third-order valence-electron chi connectivity index (χ3n) is 5.17. The van der Waals surface area contributed by atoms with Crippen molar-refractivity contribution >= 4 is 5.91 Å². The molecule has 0 radical (unpaired) electrons. The van der Waals surface area contributed by atoms with Crippen molar-refractivity contribution in [2.45, 2.75) is 13.5 Å². The second-order valence-electron chi connectivity index (χ2n) is 7.40. The van der Waals surface area contributed by atoms with Crippen LogP contribution >= 0.6 is 0 Å². The predicted octanol–water partition coefficient (Wildman–Crippen LogP) is 4.79. The van der Waals surface area contributed by atoms with Gasteiger partial charge in [0.1, 0.15) is 17.2 Å². The van der Waals surface area contributed by atoms with Crippen molar-refractivity contribution in [2.75, 3.05) is 14.2 Å². The number of nitrogens with zero attached hydrogens (tertiary/aromatic N) is 2. The summed E-state index contributed by atoms with van der Waals surface area (Å²) >= 11 is 0. The van der Waals surface area contributed by atoms with Gasteiger partial charge in [-0.05, 0) is 48.4 Å². The summed E-state index contributed by atoms with van der Waals surface area (Å²) in [6.07, 6.45) is 0. The Kier molecular flexibility index (Phi) is 6.22. The number of amides is 1. The molecule has 6 heteroatoms. The van der Waals surface area contributed by atoms with Crippen LogP contribution in [0.25, 0.3) is 16.9 Å². The molecular weight excluding hydrogens is 402 g/mol. The first-order chi connectivity index (χ1) is 15.6. The Morgan fingerprint density at radius 1 is 0.938 bits per heavy atom. The average Bonchev–Trinajstić information content (AvgIpc) is 3.28. The van der Waals surface area contributed by atoms with Gasteiger partial charge in [-0.1, -0.05) is 42.5 Å². The van der Waals surface area contributed by atoms with E-state index in [-0.39, 0.29) is 5.91 Å². The minimum atomic E-state index is -0.207. The second kappa shape index (κ2) is 9.39. The highest BCUT2D eigenvalue weighted by atomic mass is 16.5. The van der Waals surface area contributed by atoms with Gasteiger partial charge in [-0.25, -0.2) is 4.68 Å². The van der Waals surface area contributed by atoms with Gasteiger partial charge in [0.25, 0.3) is 5.91 Å². The molecule has 6 nitrogen and oxygen atoms in total. The summed E-state index contributed by atoms with van der Waals surface area (Å²) < 4.78 is 12.5. The van der Waals surface area contributed by atoms with Crippen LogP contribution < -0.4 is 14.8 Å². The van der Waals surface area contributed by atoms with E-state index < -0.39 is 0 Å². The lowest BCUT2D eigenvalue weighted by atomic mass is 10.1. The van der Waals surface area contributed by atoms with Crippen molar-refractivity contribution in [3.63, 3.8) is 0 Å². The summed E-state index contributed by atoms with van der Waals surface area (Å²) in [5.74, 6) is 1.10. The molecule has 4 rings (SSSR count). The molecule has 1 N–H and O–H groups in total. The summed E-state index contributed by atoms with van der Waals surface area (Å²) in [5.41, 5.74) is 4.78. The van der Waals surface area contributed by atoms with Crippen LogP contribution in [-0.4, -0.2) is 29.9 Å². The second-order valence-corrected chi connectivity index (χ2v) is 7.40. The Morgan fingerprint density at radius 2 is 1.75 bits per heavy atom. The Morgan fingerprint density at radius 3 is 2.47 bits per heavy atom. The van der Waals surface area contributed by atoms with Crippen LogP contribution in [0.4, 0.5) is 0 Å².